The van der Waals surface area contributed by atoms with E-state index in [1.165, 1.54) is 0 Å². The average Bonchev–Trinajstić information content (AvgIpc) is 2.72. The van der Waals surface area contributed by atoms with Crippen LogP contribution in [0.1, 0.15) is 29.7 Å². The van der Waals surface area contributed by atoms with Gasteiger partial charge in [0.25, 0.3) is 0 Å². The Hall–Kier alpha value is -2.62. The number of carbonyl (C=O) groups excluding carboxylic acids is 1. The van der Waals surface area contributed by atoms with Crippen LogP contribution in [0.4, 0.5) is 0 Å². The first kappa shape index (κ1) is 20.1. The Bertz CT molecular complexity index is 859. The van der Waals surface area contributed by atoms with Gasteiger partial charge in [-0.15, -0.1) is 0 Å². The highest BCUT2D eigenvalue weighted by atomic mass is 35.5. The fraction of sp³-hybridized carbons (Fsp3) is 0.208. The molecular weight excluding hydrogens is 368 g/mol. The summed E-state index contributed by atoms with van der Waals surface area (Å²) in [5.41, 5.74) is 3.20. The van der Waals surface area contributed by atoms with E-state index in [9.17, 15) is 4.79 Å². The quantitative estimate of drug-likeness (QED) is 0.609. The van der Waals surface area contributed by atoms with Gasteiger partial charge in [-0.2, -0.15) is 0 Å². The molecule has 4 heteroatoms. The summed E-state index contributed by atoms with van der Waals surface area (Å²) < 4.78 is 0. The van der Waals surface area contributed by atoms with Crippen LogP contribution >= 0.6 is 11.6 Å². The summed E-state index contributed by atoms with van der Waals surface area (Å²) in [7, 11) is 1.95. The summed E-state index contributed by atoms with van der Waals surface area (Å²) in [4.78, 5) is 15.0. The molecule has 0 radical (unpaired) electrons. The van der Waals surface area contributed by atoms with Gasteiger partial charge < -0.3 is 5.32 Å². The first-order valence-electron chi connectivity index (χ1n) is 9.39. The van der Waals surface area contributed by atoms with Crippen LogP contribution in [-0.2, 0) is 11.3 Å². The number of hydrogen-bond donors (Lipinski definition) is 1. The Morgan fingerprint density at radius 2 is 1.50 bits per heavy atom. The molecule has 0 saturated heterocycles. The normalized spacial score (nSPS) is 12.2. The molecule has 28 heavy (non-hydrogen) atoms. The second-order valence-electron chi connectivity index (χ2n) is 6.98. The number of benzene rings is 3. The topological polar surface area (TPSA) is 32.3 Å². The largest absolute Gasteiger partial charge is 0.344 e. The third kappa shape index (κ3) is 5.22. The minimum atomic E-state index is -0.283. The molecule has 0 aliphatic carbocycles. The smallest absolute Gasteiger partial charge is 0.237 e. The van der Waals surface area contributed by atoms with E-state index in [2.05, 4.69) is 5.32 Å². The van der Waals surface area contributed by atoms with Crippen LogP contribution in [0.15, 0.2) is 84.9 Å². The van der Waals surface area contributed by atoms with Gasteiger partial charge in [0.1, 0.15) is 0 Å². The minimum Gasteiger partial charge on any atom is -0.344 e. The maximum Gasteiger partial charge on any atom is 0.237 e. The van der Waals surface area contributed by atoms with Crippen molar-refractivity contribution in [3.63, 3.8) is 0 Å². The molecule has 0 saturated carbocycles. The molecule has 3 aromatic carbocycles. The SMILES string of the molecule is C[C@@H](C(=O)NC(c1ccccc1)c1ccccc1)N(C)Cc1cccc(Cl)c1. The molecule has 0 aromatic heterocycles. The number of amides is 1. The van der Waals surface area contributed by atoms with Crippen molar-refractivity contribution in [1.82, 2.24) is 10.2 Å². The van der Waals surface area contributed by atoms with Gasteiger partial charge in [0, 0.05) is 11.6 Å². The molecule has 3 aromatic rings. The molecule has 1 atom stereocenters. The second kappa shape index (κ2) is 9.54. The van der Waals surface area contributed by atoms with Gasteiger partial charge >= 0.3 is 0 Å². The van der Waals surface area contributed by atoms with Crippen molar-refractivity contribution < 1.29 is 4.79 Å². The predicted molar refractivity (Wildman–Crippen MR) is 115 cm³/mol. The van der Waals surface area contributed by atoms with E-state index in [1.54, 1.807) is 0 Å². The molecule has 0 aliphatic heterocycles. The van der Waals surface area contributed by atoms with Crippen LogP contribution in [0, 0.1) is 0 Å². The highest BCUT2D eigenvalue weighted by molar-refractivity contribution is 6.30. The van der Waals surface area contributed by atoms with E-state index >= 15 is 0 Å². The number of nitrogens with one attached hydrogen (secondary N) is 1. The zero-order chi connectivity index (χ0) is 19.9. The van der Waals surface area contributed by atoms with Crippen LogP contribution in [0.5, 0.6) is 0 Å². The molecule has 0 aliphatic rings. The van der Waals surface area contributed by atoms with E-state index in [4.69, 9.17) is 11.6 Å². The zero-order valence-electron chi connectivity index (χ0n) is 16.2. The molecule has 144 valence electrons. The first-order valence-corrected chi connectivity index (χ1v) is 9.77. The van der Waals surface area contributed by atoms with Crippen molar-refractivity contribution in [2.24, 2.45) is 0 Å². The Morgan fingerprint density at radius 3 is 2.04 bits per heavy atom. The number of likely N-dealkylation sites (N-methyl/N-ethyl adjacent to an activating group) is 1. The van der Waals surface area contributed by atoms with E-state index < -0.39 is 0 Å². The lowest BCUT2D eigenvalue weighted by Crippen LogP contribution is -2.44. The molecule has 0 fully saturated rings. The Balaban J connectivity index is 1.74. The number of hydrogen-bond acceptors (Lipinski definition) is 2. The average molecular weight is 393 g/mol. The molecule has 0 heterocycles. The van der Waals surface area contributed by atoms with Gasteiger partial charge in [0.2, 0.25) is 5.91 Å². The third-order valence-electron chi connectivity index (χ3n) is 4.91. The standard InChI is InChI=1S/C24H25ClN2O/c1-18(27(2)17-19-10-9-15-22(25)16-19)24(28)26-23(20-11-5-3-6-12-20)21-13-7-4-8-14-21/h3-16,18,23H,17H2,1-2H3,(H,26,28)/t18-/m0/s1. The summed E-state index contributed by atoms with van der Waals surface area (Å²) in [5.74, 6) is -0.0118. The zero-order valence-corrected chi connectivity index (χ0v) is 16.9. The Morgan fingerprint density at radius 1 is 0.929 bits per heavy atom. The number of halogens is 1. The van der Waals surface area contributed by atoms with Crippen molar-refractivity contribution >= 4 is 17.5 Å². The molecule has 1 amide bonds. The van der Waals surface area contributed by atoms with E-state index in [0.29, 0.717) is 11.6 Å². The van der Waals surface area contributed by atoms with Crippen molar-refractivity contribution in [2.75, 3.05) is 7.05 Å². The summed E-state index contributed by atoms with van der Waals surface area (Å²) in [6.07, 6.45) is 0. The first-order chi connectivity index (χ1) is 13.5. The number of nitrogens with zero attached hydrogens (tertiary/aromatic N) is 1. The summed E-state index contributed by atoms with van der Waals surface area (Å²) in [5, 5.41) is 3.93. The third-order valence-corrected chi connectivity index (χ3v) is 5.15. The van der Waals surface area contributed by atoms with Crippen molar-refractivity contribution in [1.29, 1.82) is 0 Å². The lowest BCUT2D eigenvalue weighted by atomic mass is 9.98. The molecule has 0 spiro atoms. The van der Waals surface area contributed by atoms with Gasteiger partial charge in [-0.1, -0.05) is 84.4 Å². The molecule has 3 nitrogen and oxygen atoms in total. The van der Waals surface area contributed by atoms with Gasteiger partial charge in [0.15, 0.2) is 0 Å². The highest BCUT2D eigenvalue weighted by Gasteiger charge is 2.23. The fourth-order valence-corrected chi connectivity index (χ4v) is 3.39. The van der Waals surface area contributed by atoms with Crippen molar-refractivity contribution in [2.45, 2.75) is 25.6 Å². The summed E-state index contributed by atoms with van der Waals surface area (Å²) in [6, 6.07) is 27.4. The van der Waals surface area contributed by atoms with E-state index in [1.807, 2.05) is 104 Å². The van der Waals surface area contributed by atoms with Crippen LogP contribution in [0.3, 0.4) is 0 Å². The van der Waals surface area contributed by atoms with Gasteiger partial charge in [0.05, 0.1) is 12.1 Å². The maximum absolute atomic E-state index is 13.0. The molecule has 1 N–H and O–H groups in total. The minimum absolute atomic E-state index is 0.0118. The van der Waals surface area contributed by atoms with Crippen LogP contribution < -0.4 is 5.32 Å². The predicted octanol–water partition coefficient (Wildman–Crippen LogP) is 5.07. The van der Waals surface area contributed by atoms with Gasteiger partial charge in [-0.3, -0.25) is 9.69 Å². The highest BCUT2D eigenvalue weighted by Crippen LogP contribution is 2.22. The summed E-state index contributed by atoms with van der Waals surface area (Å²) >= 11 is 6.08. The molecule has 0 unspecified atom stereocenters. The summed E-state index contributed by atoms with van der Waals surface area (Å²) in [6.45, 7) is 2.57. The number of rotatable bonds is 7. The van der Waals surface area contributed by atoms with Crippen LogP contribution in [0.2, 0.25) is 5.02 Å². The van der Waals surface area contributed by atoms with Gasteiger partial charge in [-0.05, 0) is 42.8 Å². The second-order valence-corrected chi connectivity index (χ2v) is 7.42. The van der Waals surface area contributed by atoms with Crippen molar-refractivity contribution in [3.8, 4) is 0 Å². The maximum atomic E-state index is 13.0. The van der Waals surface area contributed by atoms with Gasteiger partial charge in [-0.25, -0.2) is 0 Å². The Kier molecular flexibility index (Phi) is 6.85. The lowest BCUT2D eigenvalue weighted by Gasteiger charge is -2.27. The molecular formula is C24H25ClN2O. The Labute approximate surface area is 172 Å². The lowest BCUT2D eigenvalue weighted by molar-refractivity contribution is -0.126. The van der Waals surface area contributed by atoms with Crippen LogP contribution in [0.25, 0.3) is 0 Å². The molecule has 0 bridgehead atoms. The number of carbonyl (C=O) groups is 1. The van der Waals surface area contributed by atoms with E-state index in [-0.39, 0.29) is 18.0 Å². The monoisotopic (exact) mass is 392 g/mol. The fourth-order valence-electron chi connectivity index (χ4n) is 3.17. The van der Waals surface area contributed by atoms with Crippen molar-refractivity contribution in [3.05, 3.63) is 107 Å². The van der Waals surface area contributed by atoms with E-state index in [0.717, 1.165) is 16.7 Å². The van der Waals surface area contributed by atoms with Crippen LogP contribution in [-0.4, -0.2) is 23.9 Å². The molecule has 3 rings (SSSR count).